The second-order valence-corrected chi connectivity index (χ2v) is 10.1. The molecule has 0 spiro atoms. The fourth-order valence-corrected chi connectivity index (χ4v) is 4.51. The first-order valence-corrected chi connectivity index (χ1v) is 13.4. The van der Waals surface area contributed by atoms with E-state index in [1.807, 2.05) is 96.5 Å². The van der Waals surface area contributed by atoms with Gasteiger partial charge in [-0.05, 0) is 54.8 Å². The van der Waals surface area contributed by atoms with E-state index in [0.29, 0.717) is 37.2 Å². The van der Waals surface area contributed by atoms with Gasteiger partial charge in [-0.15, -0.1) is 0 Å². The molecule has 0 radical (unpaired) electrons. The van der Waals surface area contributed by atoms with Gasteiger partial charge in [-0.1, -0.05) is 62.4 Å². The summed E-state index contributed by atoms with van der Waals surface area (Å²) in [5.74, 6) is 2.53. The molecule has 4 aromatic rings. The summed E-state index contributed by atoms with van der Waals surface area (Å²) < 4.78 is 19.4. The van der Waals surface area contributed by atoms with Crippen LogP contribution in [0, 0.1) is 12.8 Å². The number of aliphatic hydroxyl groups excluding tert-OH is 1. The van der Waals surface area contributed by atoms with E-state index in [2.05, 4.69) is 18.7 Å². The molecule has 0 saturated carbocycles. The third kappa shape index (κ3) is 8.17. The number of aryl methyl sites for hydroxylation is 1. The summed E-state index contributed by atoms with van der Waals surface area (Å²) in [7, 11) is 1.65. The van der Waals surface area contributed by atoms with Gasteiger partial charge in [-0.3, -0.25) is 4.90 Å². The third-order valence-corrected chi connectivity index (χ3v) is 6.31. The second kappa shape index (κ2) is 13.9. The van der Waals surface area contributed by atoms with Gasteiger partial charge >= 0.3 is 0 Å². The Morgan fingerprint density at radius 1 is 0.872 bits per heavy atom. The topological polar surface area (TPSA) is 69.0 Å². The lowest BCUT2D eigenvalue weighted by Gasteiger charge is -2.27. The number of nitrogens with zero attached hydrogens (tertiary/aromatic N) is 3. The van der Waals surface area contributed by atoms with Crippen molar-refractivity contribution in [1.29, 1.82) is 0 Å². The third-order valence-electron chi connectivity index (χ3n) is 6.31. The number of rotatable bonds is 14. The number of benzene rings is 3. The molecule has 0 amide bonds. The van der Waals surface area contributed by atoms with Crippen molar-refractivity contribution >= 4 is 0 Å². The Morgan fingerprint density at radius 2 is 1.51 bits per heavy atom. The largest absolute Gasteiger partial charge is 0.497 e. The molecule has 7 nitrogen and oxygen atoms in total. The fraction of sp³-hybridized carbons (Fsp3) is 0.344. The summed E-state index contributed by atoms with van der Waals surface area (Å²) in [6.07, 6.45) is -0.622. The minimum absolute atomic E-state index is 0.265. The Balaban J connectivity index is 1.55. The van der Waals surface area contributed by atoms with Gasteiger partial charge in [0.2, 0.25) is 5.88 Å². The van der Waals surface area contributed by atoms with Gasteiger partial charge in [0.1, 0.15) is 11.5 Å². The van der Waals surface area contributed by atoms with Gasteiger partial charge in [-0.2, -0.15) is 5.10 Å². The standard InChI is InChI=1S/C32H39N3O4/c1-24(2)19-34(20-28(36)23-38-22-26-11-7-5-8-12-26)21-31-25(3)33-35(27-13-9-6-10-14-27)32(31)39-30-17-15-29(37-4)16-18-30/h5-18,24,28,36H,19-23H2,1-4H3. The number of ether oxygens (including phenoxy) is 3. The molecule has 7 heteroatoms. The highest BCUT2D eigenvalue weighted by Gasteiger charge is 2.23. The molecule has 0 aliphatic carbocycles. The van der Waals surface area contributed by atoms with E-state index < -0.39 is 6.10 Å². The average molecular weight is 530 g/mol. The van der Waals surface area contributed by atoms with E-state index in [0.717, 1.165) is 34.8 Å². The molecule has 0 fully saturated rings. The van der Waals surface area contributed by atoms with Crippen LogP contribution in [0.25, 0.3) is 5.69 Å². The second-order valence-electron chi connectivity index (χ2n) is 10.1. The smallest absolute Gasteiger partial charge is 0.227 e. The summed E-state index contributed by atoms with van der Waals surface area (Å²) in [6.45, 7) is 8.98. The van der Waals surface area contributed by atoms with E-state index in [-0.39, 0.29) is 6.61 Å². The van der Waals surface area contributed by atoms with Crippen molar-refractivity contribution in [2.24, 2.45) is 5.92 Å². The molecule has 4 rings (SSSR count). The van der Waals surface area contributed by atoms with Crippen LogP contribution in [-0.2, 0) is 17.9 Å². The summed E-state index contributed by atoms with van der Waals surface area (Å²) in [5, 5.41) is 15.7. The van der Waals surface area contributed by atoms with Crippen molar-refractivity contribution in [2.75, 3.05) is 26.8 Å². The Kier molecular flexibility index (Phi) is 10.1. The normalized spacial score (nSPS) is 12.2. The summed E-state index contributed by atoms with van der Waals surface area (Å²) in [5.41, 5.74) is 3.87. The Bertz CT molecular complexity index is 1270. The van der Waals surface area contributed by atoms with E-state index >= 15 is 0 Å². The van der Waals surface area contributed by atoms with Crippen LogP contribution >= 0.6 is 0 Å². The van der Waals surface area contributed by atoms with Crippen LogP contribution in [0.3, 0.4) is 0 Å². The molecule has 0 aliphatic heterocycles. The lowest BCUT2D eigenvalue weighted by Crippen LogP contribution is -2.37. The molecule has 0 aliphatic rings. The van der Waals surface area contributed by atoms with Gasteiger partial charge in [0.15, 0.2) is 0 Å². The van der Waals surface area contributed by atoms with Crippen LogP contribution in [0.1, 0.15) is 30.7 Å². The van der Waals surface area contributed by atoms with Crippen molar-refractivity contribution < 1.29 is 19.3 Å². The Labute approximate surface area is 231 Å². The monoisotopic (exact) mass is 529 g/mol. The highest BCUT2D eigenvalue weighted by Crippen LogP contribution is 2.32. The molecule has 1 unspecified atom stereocenters. The Morgan fingerprint density at radius 3 is 2.15 bits per heavy atom. The molecular formula is C32H39N3O4. The first kappa shape index (κ1) is 28.4. The maximum absolute atomic E-state index is 10.9. The SMILES string of the molecule is COc1ccc(Oc2c(CN(CC(C)C)CC(O)COCc3ccccc3)c(C)nn2-c2ccccc2)cc1. The maximum Gasteiger partial charge on any atom is 0.227 e. The van der Waals surface area contributed by atoms with Crippen LogP contribution in [0.4, 0.5) is 0 Å². The number of para-hydroxylation sites is 1. The highest BCUT2D eigenvalue weighted by molar-refractivity contribution is 5.44. The number of aliphatic hydroxyl groups is 1. The first-order chi connectivity index (χ1) is 18.9. The van der Waals surface area contributed by atoms with Crippen molar-refractivity contribution in [3.63, 3.8) is 0 Å². The van der Waals surface area contributed by atoms with Crippen molar-refractivity contribution in [2.45, 2.75) is 40.0 Å². The summed E-state index contributed by atoms with van der Waals surface area (Å²) >= 11 is 0. The molecule has 1 aromatic heterocycles. The van der Waals surface area contributed by atoms with Gasteiger partial charge in [0.05, 0.1) is 43.4 Å². The highest BCUT2D eigenvalue weighted by atomic mass is 16.5. The van der Waals surface area contributed by atoms with Crippen LogP contribution in [0.2, 0.25) is 0 Å². The number of hydrogen-bond acceptors (Lipinski definition) is 6. The van der Waals surface area contributed by atoms with E-state index in [9.17, 15) is 5.11 Å². The van der Waals surface area contributed by atoms with Crippen LogP contribution in [0.15, 0.2) is 84.9 Å². The van der Waals surface area contributed by atoms with Crippen LogP contribution in [-0.4, -0.2) is 52.7 Å². The zero-order valence-corrected chi connectivity index (χ0v) is 23.3. The van der Waals surface area contributed by atoms with Crippen molar-refractivity contribution in [3.8, 4) is 23.1 Å². The average Bonchev–Trinajstić information content (AvgIpc) is 3.24. The Hall–Kier alpha value is -3.65. The minimum Gasteiger partial charge on any atom is -0.497 e. The molecule has 206 valence electrons. The van der Waals surface area contributed by atoms with Crippen molar-refractivity contribution in [1.82, 2.24) is 14.7 Å². The number of hydrogen-bond donors (Lipinski definition) is 1. The van der Waals surface area contributed by atoms with E-state index in [4.69, 9.17) is 19.3 Å². The lowest BCUT2D eigenvalue weighted by atomic mass is 10.1. The predicted molar refractivity (Wildman–Crippen MR) is 154 cm³/mol. The summed E-state index contributed by atoms with van der Waals surface area (Å²) in [6, 6.07) is 27.5. The minimum atomic E-state index is -0.622. The van der Waals surface area contributed by atoms with Gasteiger partial charge in [0, 0.05) is 19.6 Å². The van der Waals surface area contributed by atoms with Crippen LogP contribution in [0.5, 0.6) is 17.4 Å². The first-order valence-electron chi connectivity index (χ1n) is 13.4. The lowest BCUT2D eigenvalue weighted by molar-refractivity contribution is 0.00666. The van der Waals surface area contributed by atoms with E-state index in [1.54, 1.807) is 7.11 Å². The molecular weight excluding hydrogens is 490 g/mol. The van der Waals surface area contributed by atoms with E-state index in [1.165, 1.54) is 0 Å². The zero-order valence-electron chi connectivity index (χ0n) is 23.3. The molecule has 1 heterocycles. The molecule has 3 aromatic carbocycles. The van der Waals surface area contributed by atoms with Gasteiger partial charge in [0.25, 0.3) is 0 Å². The quantitative estimate of drug-likeness (QED) is 0.216. The van der Waals surface area contributed by atoms with Gasteiger partial charge in [-0.25, -0.2) is 4.68 Å². The fourth-order valence-electron chi connectivity index (χ4n) is 4.51. The zero-order chi connectivity index (χ0) is 27.6. The summed E-state index contributed by atoms with van der Waals surface area (Å²) in [4.78, 5) is 2.25. The molecule has 39 heavy (non-hydrogen) atoms. The number of methoxy groups -OCH3 is 1. The number of aromatic nitrogens is 2. The van der Waals surface area contributed by atoms with Gasteiger partial charge < -0.3 is 19.3 Å². The molecule has 0 bridgehead atoms. The molecule has 1 atom stereocenters. The molecule has 1 N–H and O–H groups in total. The molecule has 0 saturated heterocycles. The van der Waals surface area contributed by atoms with Crippen molar-refractivity contribution in [3.05, 3.63) is 102 Å². The predicted octanol–water partition coefficient (Wildman–Crippen LogP) is 6.02. The maximum atomic E-state index is 10.9. The van der Waals surface area contributed by atoms with Crippen LogP contribution < -0.4 is 9.47 Å².